The molecule has 0 aliphatic carbocycles. The molecule has 0 saturated carbocycles. The maximum Gasteiger partial charge on any atom is 0.270 e. The summed E-state index contributed by atoms with van der Waals surface area (Å²) in [6.07, 6.45) is 0. The molecule has 0 fully saturated rings. The summed E-state index contributed by atoms with van der Waals surface area (Å²) in [4.78, 5) is 20.9. The Hall–Kier alpha value is -2.47. The molecule has 0 spiro atoms. The third-order valence-corrected chi connectivity index (χ3v) is 3.14. The lowest BCUT2D eigenvalue weighted by Gasteiger charge is -2.11. The van der Waals surface area contributed by atoms with Crippen LogP contribution in [0.3, 0.4) is 0 Å². The molecule has 1 atom stereocenters. The lowest BCUT2D eigenvalue weighted by Crippen LogP contribution is -2.12. The fraction of sp³-hybridized carbons (Fsp3) is 0.0769. The Morgan fingerprint density at radius 1 is 1.00 bits per heavy atom. The molecule has 0 amide bonds. The van der Waals surface area contributed by atoms with Gasteiger partial charge < -0.3 is 0 Å². The second-order valence-corrected chi connectivity index (χ2v) is 4.47. The first-order valence-corrected chi connectivity index (χ1v) is 6.01. The van der Waals surface area contributed by atoms with Crippen LogP contribution in [0.1, 0.15) is 17.2 Å². The van der Waals surface area contributed by atoms with E-state index in [1.807, 2.05) is 0 Å². The highest BCUT2D eigenvalue weighted by molar-refractivity contribution is 6.31. The van der Waals surface area contributed by atoms with Crippen molar-refractivity contribution in [3.63, 3.8) is 0 Å². The van der Waals surface area contributed by atoms with E-state index in [1.165, 1.54) is 12.1 Å². The Morgan fingerprint density at radius 2 is 1.65 bits per heavy atom. The highest BCUT2D eigenvalue weighted by Gasteiger charge is 2.28. The Kier molecular flexibility index (Phi) is 3.95. The van der Waals surface area contributed by atoms with Gasteiger partial charge in [-0.25, -0.2) is 0 Å². The van der Waals surface area contributed by atoms with Gasteiger partial charge in [0.15, 0.2) is 0 Å². The van der Waals surface area contributed by atoms with E-state index in [0.717, 1.165) is 6.07 Å². The van der Waals surface area contributed by atoms with Crippen LogP contribution in [0, 0.1) is 20.2 Å². The molecule has 0 heterocycles. The van der Waals surface area contributed by atoms with Gasteiger partial charge in [-0.3, -0.25) is 20.2 Å². The van der Waals surface area contributed by atoms with Crippen molar-refractivity contribution in [1.82, 2.24) is 0 Å². The molecule has 1 unspecified atom stereocenters. The third-order valence-electron chi connectivity index (χ3n) is 2.82. The molecule has 0 saturated heterocycles. The standard InChI is InChI=1S/C13H9ClN2O4/c14-12-8-10(15(17)18)6-7-11(12)13(16(19)20)9-4-2-1-3-5-9/h1-8,13H. The Bertz CT molecular complexity index is 661. The van der Waals surface area contributed by atoms with Gasteiger partial charge in [0.25, 0.3) is 11.7 Å². The SMILES string of the molecule is O=[N+]([O-])c1ccc(C(c2ccccc2)[N+](=O)[O-])c(Cl)c1. The molecular formula is C13H9ClN2O4. The third kappa shape index (κ3) is 2.75. The van der Waals surface area contributed by atoms with E-state index in [-0.39, 0.29) is 16.3 Å². The second-order valence-electron chi connectivity index (χ2n) is 4.06. The van der Waals surface area contributed by atoms with Gasteiger partial charge in [0.2, 0.25) is 0 Å². The average molecular weight is 293 g/mol. The van der Waals surface area contributed by atoms with Crippen LogP contribution in [-0.4, -0.2) is 9.85 Å². The zero-order valence-electron chi connectivity index (χ0n) is 10.1. The normalized spacial score (nSPS) is 11.8. The molecule has 0 aromatic heterocycles. The topological polar surface area (TPSA) is 86.3 Å². The van der Waals surface area contributed by atoms with E-state index in [2.05, 4.69) is 0 Å². The first-order chi connectivity index (χ1) is 9.50. The maximum absolute atomic E-state index is 11.3. The molecule has 7 heteroatoms. The Morgan fingerprint density at radius 3 is 2.15 bits per heavy atom. The number of non-ortho nitro benzene ring substituents is 1. The quantitative estimate of drug-likeness (QED) is 0.636. The number of benzene rings is 2. The van der Waals surface area contributed by atoms with Crippen molar-refractivity contribution in [1.29, 1.82) is 0 Å². The monoisotopic (exact) mass is 292 g/mol. The Labute approximate surface area is 118 Å². The van der Waals surface area contributed by atoms with Gasteiger partial charge in [-0.15, -0.1) is 0 Å². The summed E-state index contributed by atoms with van der Waals surface area (Å²) < 4.78 is 0. The van der Waals surface area contributed by atoms with Gasteiger partial charge in [-0.05, 0) is 6.07 Å². The number of nitro benzene ring substituents is 1. The van der Waals surface area contributed by atoms with Crippen molar-refractivity contribution >= 4 is 17.3 Å². The van der Waals surface area contributed by atoms with E-state index in [9.17, 15) is 20.2 Å². The highest BCUT2D eigenvalue weighted by atomic mass is 35.5. The van der Waals surface area contributed by atoms with Crippen LogP contribution in [0.25, 0.3) is 0 Å². The van der Waals surface area contributed by atoms with E-state index in [4.69, 9.17) is 11.6 Å². The van der Waals surface area contributed by atoms with Crippen molar-refractivity contribution < 1.29 is 9.85 Å². The lowest BCUT2D eigenvalue weighted by molar-refractivity contribution is -0.517. The molecule has 2 aromatic carbocycles. The molecule has 20 heavy (non-hydrogen) atoms. The zero-order chi connectivity index (χ0) is 14.7. The summed E-state index contributed by atoms with van der Waals surface area (Å²) in [6, 6.07) is 10.9. The van der Waals surface area contributed by atoms with E-state index in [0.29, 0.717) is 5.56 Å². The molecule has 2 aromatic rings. The predicted octanol–water partition coefficient (Wildman–Crippen LogP) is 3.61. The van der Waals surface area contributed by atoms with Gasteiger partial charge >= 0.3 is 0 Å². The van der Waals surface area contributed by atoms with Gasteiger partial charge in [0, 0.05) is 28.2 Å². The van der Waals surface area contributed by atoms with Crippen LogP contribution >= 0.6 is 11.6 Å². The lowest BCUT2D eigenvalue weighted by atomic mass is 9.99. The smallest absolute Gasteiger partial charge is 0.264 e. The average Bonchev–Trinajstić information content (AvgIpc) is 2.41. The van der Waals surface area contributed by atoms with Gasteiger partial charge in [-0.2, -0.15) is 0 Å². The minimum absolute atomic E-state index is 0.00440. The molecule has 102 valence electrons. The number of rotatable bonds is 4. The van der Waals surface area contributed by atoms with Crippen molar-refractivity contribution in [3.8, 4) is 0 Å². The van der Waals surface area contributed by atoms with E-state index >= 15 is 0 Å². The molecule has 0 bridgehead atoms. The summed E-state index contributed by atoms with van der Waals surface area (Å²) in [5.41, 5.74) is 0.496. The first kappa shape index (κ1) is 14.0. The summed E-state index contributed by atoms with van der Waals surface area (Å²) >= 11 is 5.95. The first-order valence-electron chi connectivity index (χ1n) is 5.63. The maximum atomic E-state index is 11.3. The van der Waals surface area contributed by atoms with Gasteiger partial charge in [0.1, 0.15) is 0 Å². The molecule has 0 aliphatic heterocycles. The van der Waals surface area contributed by atoms with Crippen molar-refractivity contribution in [2.75, 3.05) is 0 Å². The fourth-order valence-electron chi connectivity index (χ4n) is 1.90. The molecule has 0 N–H and O–H groups in total. The highest BCUT2D eigenvalue weighted by Crippen LogP contribution is 2.32. The molecule has 2 rings (SSSR count). The summed E-state index contributed by atoms with van der Waals surface area (Å²) in [5.74, 6) is 0. The number of nitro groups is 2. The van der Waals surface area contributed by atoms with Crippen LogP contribution in [0.15, 0.2) is 48.5 Å². The summed E-state index contributed by atoms with van der Waals surface area (Å²) in [7, 11) is 0. The van der Waals surface area contributed by atoms with Crippen molar-refractivity contribution in [3.05, 3.63) is 84.9 Å². The van der Waals surface area contributed by atoms with Gasteiger partial charge in [-0.1, -0.05) is 41.9 Å². The van der Waals surface area contributed by atoms with Crippen LogP contribution in [0.4, 0.5) is 5.69 Å². The largest absolute Gasteiger partial charge is 0.270 e. The molecular weight excluding hydrogens is 284 g/mol. The fourth-order valence-corrected chi connectivity index (χ4v) is 2.18. The van der Waals surface area contributed by atoms with Crippen LogP contribution < -0.4 is 0 Å². The van der Waals surface area contributed by atoms with Crippen molar-refractivity contribution in [2.24, 2.45) is 0 Å². The van der Waals surface area contributed by atoms with Crippen molar-refractivity contribution in [2.45, 2.75) is 6.04 Å². The van der Waals surface area contributed by atoms with E-state index < -0.39 is 15.9 Å². The van der Waals surface area contributed by atoms with Crippen LogP contribution in [0.5, 0.6) is 0 Å². The minimum Gasteiger partial charge on any atom is -0.264 e. The van der Waals surface area contributed by atoms with Crippen LogP contribution in [0.2, 0.25) is 5.02 Å². The molecule has 0 radical (unpaired) electrons. The summed E-state index contributed by atoms with van der Waals surface area (Å²) in [6.45, 7) is 0. The zero-order valence-corrected chi connectivity index (χ0v) is 10.9. The number of nitrogens with zero attached hydrogens (tertiary/aromatic N) is 2. The number of hydrogen-bond acceptors (Lipinski definition) is 4. The Balaban J connectivity index is 2.51. The predicted molar refractivity (Wildman–Crippen MR) is 73.4 cm³/mol. The minimum atomic E-state index is -1.15. The molecule has 0 aliphatic rings. The van der Waals surface area contributed by atoms with Crippen LogP contribution in [-0.2, 0) is 0 Å². The number of halogens is 1. The van der Waals surface area contributed by atoms with Gasteiger partial charge in [0.05, 0.1) is 9.95 Å². The van der Waals surface area contributed by atoms with E-state index in [1.54, 1.807) is 30.3 Å². The molecule has 6 nitrogen and oxygen atoms in total. The summed E-state index contributed by atoms with van der Waals surface area (Å²) in [5, 5.41) is 21.9. The second kappa shape index (κ2) is 5.66. The number of hydrogen-bond donors (Lipinski definition) is 0.